The van der Waals surface area contributed by atoms with Gasteiger partial charge in [-0.3, -0.25) is 4.98 Å². The van der Waals surface area contributed by atoms with Gasteiger partial charge in [-0.25, -0.2) is 4.98 Å². The van der Waals surface area contributed by atoms with Crippen LogP contribution in [0.4, 0.5) is 0 Å². The third-order valence-corrected chi connectivity index (χ3v) is 14.5. The number of rotatable bonds is 7. The van der Waals surface area contributed by atoms with Crippen LogP contribution in [-0.2, 0) is 20.1 Å². The number of pyridine rings is 2. The summed E-state index contributed by atoms with van der Waals surface area (Å²) < 4.78 is 34.4. The van der Waals surface area contributed by atoms with Crippen LogP contribution < -0.4 is 5.19 Å². The van der Waals surface area contributed by atoms with E-state index in [4.69, 9.17) is 18.5 Å². The summed E-state index contributed by atoms with van der Waals surface area (Å²) in [6.45, 7) is 13.5. The Kier molecular flexibility index (Phi) is 11.2. The summed E-state index contributed by atoms with van der Waals surface area (Å²) in [5.74, 6) is 1.12. The van der Waals surface area contributed by atoms with Crippen molar-refractivity contribution < 1.29 is 28.6 Å². The zero-order chi connectivity index (χ0) is 47.5. The van der Waals surface area contributed by atoms with Crippen LogP contribution in [0.1, 0.15) is 60.5 Å². The van der Waals surface area contributed by atoms with Crippen molar-refractivity contribution in [3.8, 4) is 39.5 Å². The molecule has 11 rings (SSSR count). The molecule has 0 amide bonds. The molecule has 1 radical (unpaired) electrons. The zero-order valence-electron chi connectivity index (χ0n) is 41.2. The number of furan rings is 1. The fourth-order valence-electron chi connectivity index (χ4n) is 9.03. The predicted molar refractivity (Wildman–Crippen MR) is 275 cm³/mol. The molecule has 0 fully saturated rings. The van der Waals surface area contributed by atoms with E-state index in [1.807, 2.05) is 97.2 Å². The van der Waals surface area contributed by atoms with Crippen LogP contribution in [0.15, 0.2) is 162 Å². The smallest absolute Gasteiger partial charge is 0.217 e. The Balaban J connectivity index is 0.000000296. The molecule has 0 bridgehead atoms. The average Bonchev–Trinajstić information content (AvgIpc) is 3.92. The van der Waals surface area contributed by atoms with Gasteiger partial charge in [-0.2, -0.15) is 0 Å². The van der Waals surface area contributed by atoms with E-state index in [0.717, 1.165) is 54.9 Å². The molecule has 0 spiro atoms. The van der Waals surface area contributed by atoms with Crippen LogP contribution in [0.5, 0.6) is 0 Å². The van der Waals surface area contributed by atoms with Crippen molar-refractivity contribution in [1.82, 2.24) is 19.5 Å². The Morgan fingerprint density at radius 1 is 0.652 bits per heavy atom. The largest absolute Gasteiger partial charge is 0.486 e. The van der Waals surface area contributed by atoms with E-state index in [-0.39, 0.29) is 43.3 Å². The summed E-state index contributed by atoms with van der Waals surface area (Å²) >= 11 is 0. The molecule has 0 atom stereocenters. The summed E-state index contributed by atoms with van der Waals surface area (Å²) in [6, 6.07) is 58.1. The van der Waals surface area contributed by atoms with Gasteiger partial charge in [-0.15, -0.1) is 54.1 Å². The van der Waals surface area contributed by atoms with Gasteiger partial charge in [0.2, 0.25) is 5.71 Å². The van der Waals surface area contributed by atoms with E-state index in [2.05, 4.69) is 130 Å². The van der Waals surface area contributed by atoms with Crippen LogP contribution in [0, 0.1) is 19.0 Å². The van der Waals surface area contributed by atoms with Crippen molar-refractivity contribution in [2.24, 2.45) is 0 Å². The first-order valence-corrected chi connectivity index (χ1v) is 25.9. The molecule has 329 valence electrons. The minimum Gasteiger partial charge on any atom is -0.486 e. The Labute approximate surface area is 406 Å². The number of nitrogens with zero attached hydrogens (tertiary/aromatic N) is 4. The number of imidazole rings is 1. The number of hydrogen-bond donors (Lipinski definition) is 0. The molecule has 7 heteroatoms. The topological polar surface area (TPSA) is 56.7 Å². The van der Waals surface area contributed by atoms with Crippen LogP contribution in [0.3, 0.4) is 0 Å². The molecule has 5 nitrogen and oxygen atoms in total. The van der Waals surface area contributed by atoms with Gasteiger partial charge >= 0.3 is 0 Å². The fourth-order valence-corrected chi connectivity index (χ4v) is 10.1. The van der Waals surface area contributed by atoms with Crippen molar-refractivity contribution in [1.29, 1.82) is 0 Å². The molecule has 11 aromatic rings. The van der Waals surface area contributed by atoms with Crippen molar-refractivity contribution in [3.63, 3.8) is 0 Å². The van der Waals surface area contributed by atoms with E-state index in [9.17, 15) is 0 Å². The minimum atomic E-state index is -2.45. The number of aromatic nitrogens is 4. The van der Waals surface area contributed by atoms with Gasteiger partial charge in [0.1, 0.15) is 0 Å². The van der Waals surface area contributed by atoms with E-state index in [1.165, 1.54) is 27.4 Å². The Morgan fingerprint density at radius 2 is 1.38 bits per heavy atom. The van der Waals surface area contributed by atoms with E-state index in [1.54, 1.807) is 0 Å². The Morgan fingerprint density at radius 3 is 2.08 bits per heavy atom. The second-order valence-corrected chi connectivity index (χ2v) is 23.5. The van der Waals surface area contributed by atoms with Gasteiger partial charge in [0.05, 0.1) is 30.5 Å². The maximum Gasteiger partial charge on any atom is 0.217 e. The molecule has 0 saturated carbocycles. The quantitative estimate of drug-likeness (QED) is 0.0907. The first-order valence-electron chi connectivity index (χ1n) is 23.9. The number of para-hydroxylation sites is 2. The zero-order valence-corrected chi connectivity index (χ0v) is 41.6. The SMILES string of the molecule is C[Si](C)(C)c1ccc(-c2[c-]cccc2)nc1.[2H]C([2H])([2H])c1nc2oc3c(-c4nc5ccccc5n4-c4c(C(C)C)cc(-c5ccccc5)cc4C(C)C)[c-]ccc3c2c2ccc3ccccc3c12.[Ir]. The first-order chi connectivity index (χ1) is 32.7. The molecular formula is C59H52IrN4OSi-2. The van der Waals surface area contributed by atoms with Gasteiger partial charge in [0, 0.05) is 52.6 Å². The molecule has 0 N–H and O–H groups in total. The molecule has 4 heterocycles. The van der Waals surface area contributed by atoms with Crippen molar-refractivity contribution >= 4 is 67.9 Å². The van der Waals surface area contributed by atoms with Crippen LogP contribution in [-0.4, -0.2) is 27.6 Å². The normalized spacial score (nSPS) is 12.7. The molecule has 0 aliphatic heterocycles. The third kappa shape index (κ3) is 8.10. The average molecular weight is 1060 g/mol. The van der Waals surface area contributed by atoms with Crippen molar-refractivity contribution in [2.75, 3.05) is 0 Å². The minimum absolute atomic E-state index is 0. The van der Waals surface area contributed by atoms with Crippen molar-refractivity contribution in [2.45, 2.75) is 66.0 Å². The van der Waals surface area contributed by atoms with Gasteiger partial charge in [0.15, 0.2) is 0 Å². The van der Waals surface area contributed by atoms with Gasteiger partial charge in [0.25, 0.3) is 0 Å². The summed E-state index contributed by atoms with van der Waals surface area (Å²) in [6.07, 6.45) is 2.02. The summed E-state index contributed by atoms with van der Waals surface area (Å²) in [7, 11) is -1.23. The van der Waals surface area contributed by atoms with Crippen molar-refractivity contribution in [3.05, 3.63) is 187 Å². The summed E-state index contributed by atoms with van der Waals surface area (Å²) in [5.41, 5.74) is 11.4. The Bertz CT molecular complexity index is 3620. The van der Waals surface area contributed by atoms with E-state index < -0.39 is 14.9 Å². The summed E-state index contributed by atoms with van der Waals surface area (Å²) in [5, 5.41) is 6.22. The van der Waals surface area contributed by atoms with Crippen LogP contribution >= 0.6 is 0 Å². The number of fused-ring (bicyclic) bond motifs is 8. The molecule has 0 saturated heterocycles. The molecule has 0 unspecified atom stereocenters. The predicted octanol–water partition coefficient (Wildman–Crippen LogP) is 15.4. The third-order valence-electron chi connectivity index (χ3n) is 12.4. The first kappa shape index (κ1) is 41.0. The van der Waals surface area contributed by atoms with E-state index >= 15 is 0 Å². The van der Waals surface area contributed by atoms with Gasteiger partial charge in [-0.05, 0) is 92.2 Å². The molecular weight excluding hydrogens is 1000 g/mol. The molecule has 4 aromatic heterocycles. The van der Waals surface area contributed by atoms with Gasteiger partial charge < -0.3 is 14.0 Å². The van der Waals surface area contributed by atoms with E-state index in [0.29, 0.717) is 22.4 Å². The second-order valence-electron chi connectivity index (χ2n) is 18.4. The molecule has 66 heavy (non-hydrogen) atoms. The number of aryl methyl sites for hydroxylation is 1. The van der Waals surface area contributed by atoms with Gasteiger partial charge in [-0.1, -0.05) is 149 Å². The van der Waals surface area contributed by atoms with Crippen LogP contribution in [0.25, 0.3) is 94.1 Å². The maximum absolute atomic E-state index is 8.49. The molecule has 0 aliphatic carbocycles. The standard InChI is InChI=1S/C45H36N3O.C14H16NSi.Ir/c1-26(2)36-24-31(29-14-7-6-8-15-29)25-37(27(3)4)42(36)48-39-21-12-11-20-38(39)47-44(48)35-19-13-18-34-41-33-23-22-30-16-9-10-17-32(30)40(33)28(5)46-45(41)49-43(34)35;1-16(2,3)13-9-10-14(15-11-13)12-7-5-4-6-8-12;/h6-18,20-27H,1-5H3;4-7,9-11H,1-3H3;/q2*-1;/i5D3;;. The second kappa shape index (κ2) is 18.1. The fraction of sp³-hybridized carbons (Fsp3) is 0.169. The summed E-state index contributed by atoms with van der Waals surface area (Å²) in [4.78, 5) is 14.6. The molecule has 0 aliphatic rings. The maximum atomic E-state index is 8.49. The monoisotopic (exact) mass is 1060 g/mol. The molecule has 7 aromatic carbocycles. The van der Waals surface area contributed by atoms with Crippen LogP contribution in [0.2, 0.25) is 19.6 Å². The number of hydrogen-bond acceptors (Lipinski definition) is 4. The number of benzene rings is 7. The Hall–Kier alpha value is -6.50.